The van der Waals surface area contributed by atoms with Gasteiger partial charge in [0.15, 0.2) is 0 Å². The summed E-state index contributed by atoms with van der Waals surface area (Å²) in [6, 6.07) is 5.18. The number of esters is 1. The Bertz CT molecular complexity index is 627. The molecular formula is C20H29NO4. The van der Waals surface area contributed by atoms with E-state index >= 15 is 0 Å². The van der Waals surface area contributed by atoms with Crippen LogP contribution in [0.1, 0.15) is 59.9 Å². The lowest BCUT2D eigenvalue weighted by Crippen LogP contribution is -2.35. The molecular weight excluding hydrogens is 318 g/mol. The molecule has 138 valence electrons. The lowest BCUT2D eigenvalue weighted by atomic mass is 10.0. The molecule has 1 aliphatic heterocycles. The standard InChI is InChI=1S/C20H29NO4/c1-14-9-16(11-17(10-14)19(23)25-20(2,3)4)18(22)21(5)12-15-7-6-8-24-13-15/h9-11,15H,6-8,12-13H2,1-5H3/t15-/m0/s1. The predicted octanol–water partition coefficient (Wildman–Crippen LogP) is 3.45. The smallest absolute Gasteiger partial charge is 0.338 e. The Morgan fingerprint density at radius 1 is 1.24 bits per heavy atom. The molecule has 5 nitrogen and oxygen atoms in total. The first-order chi connectivity index (χ1) is 11.7. The Hall–Kier alpha value is -1.88. The first kappa shape index (κ1) is 19.4. The van der Waals surface area contributed by atoms with Crippen molar-refractivity contribution in [1.82, 2.24) is 4.90 Å². The molecule has 1 fully saturated rings. The summed E-state index contributed by atoms with van der Waals surface area (Å²) in [6.45, 7) is 9.53. The second-order valence-corrected chi connectivity index (χ2v) is 7.86. The Kier molecular flexibility index (Phi) is 6.22. The molecule has 5 heteroatoms. The van der Waals surface area contributed by atoms with E-state index in [4.69, 9.17) is 9.47 Å². The van der Waals surface area contributed by atoms with E-state index in [2.05, 4.69) is 0 Å². The molecule has 0 bridgehead atoms. The Morgan fingerprint density at radius 2 is 1.92 bits per heavy atom. The van der Waals surface area contributed by atoms with E-state index < -0.39 is 11.6 Å². The second-order valence-electron chi connectivity index (χ2n) is 7.86. The fourth-order valence-corrected chi connectivity index (χ4v) is 3.00. The van der Waals surface area contributed by atoms with Crippen molar-refractivity contribution in [2.24, 2.45) is 5.92 Å². The lowest BCUT2D eigenvalue weighted by Gasteiger charge is -2.27. The molecule has 0 N–H and O–H groups in total. The van der Waals surface area contributed by atoms with E-state index in [1.165, 1.54) is 0 Å². The Morgan fingerprint density at radius 3 is 2.52 bits per heavy atom. The quantitative estimate of drug-likeness (QED) is 0.783. The minimum Gasteiger partial charge on any atom is -0.456 e. The van der Waals surface area contributed by atoms with Crippen molar-refractivity contribution in [3.05, 3.63) is 34.9 Å². The number of amides is 1. The van der Waals surface area contributed by atoms with Gasteiger partial charge < -0.3 is 14.4 Å². The van der Waals surface area contributed by atoms with Crippen molar-refractivity contribution in [2.75, 3.05) is 26.8 Å². The molecule has 0 spiro atoms. The topological polar surface area (TPSA) is 55.8 Å². The summed E-state index contributed by atoms with van der Waals surface area (Å²) >= 11 is 0. The second kappa shape index (κ2) is 8.00. The number of carbonyl (C=O) groups is 2. The highest BCUT2D eigenvalue weighted by Crippen LogP contribution is 2.19. The molecule has 1 amide bonds. The summed E-state index contributed by atoms with van der Waals surface area (Å²) in [5.74, 6) is -0.120. The van der Waals surface area contributed by atoms with Crippen LogP contribution in [0.2, 0.25) is 0 Å². The summed E-state index contributed by atoms with van der Waals surface area (Å²) in [4.78, 5) is 26.8. The van der Waals surface area contributed by atoms with Crippen LogP contribution in [-0.2, 0) is 9.47 Å². The molecule has 1 aromatic rings. The molecule has 1 atom stereocenters. The highest BCUT2D eigenvalue weighted by Gasteiger charge is 2.22. The van der Waals surface area contributed by atoms with Gasteiger partial charge in [-0.3, -0.25) is 4.79 Å². The zero-order valence-corrected chi connectivity index (χ0v) is 15.9. The fourth-order valence-electron chi connectivity index (χ4n) is 3.00. The van der Waals surface area contributed by atoms with Crippen molar-refractivity contribution in [2.45, 2.75) is 46.1 Å². The molecule has 1 saturated heterocycles. The van der Waals surface area contributed by atoms with Crippen LogP contribution in [0, 0.1) is 12.8 Å². The summed E-state index contributed by atoms with van der Waals surface area (Å²) in [5.41, 5.74) is 1.22. The molecule has 1 aromatic carbocycles. The van der Waals surface area contributed by atoms with Crippen molar-refractivity contribution in [3.8, 4) is 0 Å². The first-order valence-electron chi connectivity index (χ1n) is 8.84. The number of carbonyl (C=O) groups excluding carboxylic acids is 2. The van der Waals surface area contributed by atoms with Gasteiger partial charge in [0.25, 0.3) is 5.91 Å². The normalized spacial score (nSPS) is 17.9. The summed E-state index contributed by atoms with van der Waals surface area (Å²) in [6.07, 6.45) is 2.12. The van der Waals surface area contributed by atoms with Crippen LogP contribution in [0.3, 0.4) is 0 Å². The number of benzene rings is 1. The van der Waals surface area contributed by atoms with Crippen molar-refractivity contribution in [3.63, 3.8) is 0 Å². The van der Waals surface area contributed by atoms with Gasteiger partial charge in [-0.25, -0.2) is 4.79 Å². The molecule has 0 aliphatic carbocycles. The zero-order valence-electron chi connectivity index (χ0n) is 15.9. The maximum Gasteiger partial charge on any atom is 0.338 e. The SMILES string of the molecule is Cc1cc(C(=O)OC(C)(C)C)cc(C(=O)N(C)C[C@@H]2CCCOC2)c1. The summed E-state index contributed by atoms with van der Waals surface area (Å²) < 4.78 is 10.9. The number of rotatable bonds is 4. The van der Waals surface area contributed by atoms with Crippen LogP contribution < -0.4 is 0 Å². The maximum atomic E-state index is 12.8. The van der Waals surface area contributed by atoms with Crippen LogP contribution in [0.15, 0.2) is 18.2 Å². The summed E-state index contributed by atoms with van der Waals surface area (Å²) in [5, 5.41) is 0. The van der Waals surface area contributed by atoms with Crippen LogP contribution in [0.4, 0.5) is 0 Å². The number of hydrogen-bond donors (Lipinski definition) is 0. The van der Waals surface area contributed by atoms with E-state index in [9.17, 15) is 9.59 Å². The molecule has 0 radical (unpaired) electrons. The van der Waals surface area contributed by atoms with Crippen LogP contribution in [0.25, 0.3) is 0 Å². The molecule has 25 heavy (non-hydrogen) atoms. The summed E-state index contributed by atoms with van der Waals surface area (Å²) in [7, 11) is 1.80. The van der Waals surface area contributed by atoms with Gasteiger partial charge in [0.1, 0.15) is 5.60 Å². The Balaban J connectivity index is 2.12. The van der Waals surface area contributed by atoms with Crippen LogP contribution in [0.5, 0.6) is 0 Å². The van der Waals surface area contributed by atoms with Gasteiger partial charge in [0.05, 0.1) is 12.2 Å². The number of nitrogens with zero attached hydrogens (tertiary/aromatic N) is 1. The molecule has 0 unspecified atom stereocenters. The van der Waals surface area contributed by atoms with Crippen molar-refractivity contribution in [1.29, 1.82) is 0 Å². The third-order valence-electron chi connectivity index (χ3n) is 4.09. The number of ether oxygens (including phenoxy) is 2. The van der Waals surface area contributed by atoms with Gasteiger partial charge >= 0.3 is 5.97 Å². The van der Waals surface area contributed by atoms with Gasteiger partial charge in [-0.05, 0) is 70.2 Å². The van der Waals surface area contributed by atoms with Gasteiger partial charge in [-0.1, -0.05) is 0 Å². The minimum absolute atomic E-state index is 0.0842. The molecule has 1 aliphatic rings. The van der Waals surface area contributed by atoms with E-state index in [-0.39, 0.29) is 5.91 Å². The first-order valence-corrected chi connectivity index (χ1v) is 8.84. The molecule has 1 heterocycles. The van der Waals surface area contributed by atoms with Gasteiger partial charge in [-0.2, -0.15) is 0 Å². The number of hydrogen-bond acceptors (Lipinski definition) is 4. The third kappa shape index (κ3) is 5.85. The van der Waals surface area contributed by atoms with E-state index in [1.807, 2.05) is 33.8 Å². The van der Waals surface area contributed by atoms with Crippen molar-refractivity contribution < 1.29 is 19.1 Å². The van der Waals surface area contributed by atoms with Crippen LogP contribution in [-0.4, -0.2) is 49.2 Å². The van der Waals surface area contributed by atoms with Gasteiger partial charge in [0.2, 0.25) is 0 Å². The zero-order chi connectivity index (χ0) is 18.6. The molecule has 2 rings (SSSR count). The Labute approximate surface area is 150 Å². The largest absolute Gasteiger partial charge is 0.456 e. The highest BCUT2D eigenvalue weighted by molar-refractivity contribution is 5.98. The molecule has 0 saturated carbocycles. The van der Waals surface area contributed by atoms with E-state index in [0.717, 1.165) is 25.0 Å². The fraction of sp³-hybridized carbons (Fsp3) is 0.600. The third-order valence-corrected chi connectivity index (χ3v) is 4.09. The predicted molar refractivity (Wildman–Crippen MR) is 96.9 cm³/mol. The van der Waals surface area contributed by atoms with Gasteiger partial charge in [0, 0.05) is 25.8 Å². The lowest BCUT2D eigenvalue weighted by molar-refractivity contribution is 0.00694. The van der Waals surface area contributed by atoms with E-state index in [1.54, 1.807) is 24.1 Å². The average molecular weight is 347 g/mol. The van der Waals surface area contributed by atoms with Crippen LogP contribution >= 0.6 is 0 Å². The van der Waals surface area contributed by atoms with Crippen molar-refractivity contribution >= 4 is 11.9 Å². The molecule has 0 aromatic heterocycles. The van der Waals surface area contributed by atoms with Gasteiger partial charge in [-0.15, -0.1) is 0 Å². The maximum absolute atomic E-state index is 12.8. The van der Waals surface area contributed by atoms with E-state index in [0.29, 0.717) is 30.2 Å². The number of aryl methyl sites for hydroxylation is 1. The minimum atomic E-state index is -0.567. The highest BCUT2D eigenvalue weighted by atomic mass is 16.6. The monoisotopic (exact) mass is 347 g/mol. The average Bonchev–Trinajstić information content (AvgIpc) is 2.53.